The van der Waals surface area contributed by atoms with Crippen LogP contribution in [0.5, 0.6) is 11.6 Å². The zero-order valence-electron chi connectivity index (χ0n) is 13.2. The number of methoxy groups -OCH3 is 1. The van der Waals surface area contributed by atoms with Crippen LogP contribution in [0.2, 0.25) is 0 Å². The van der Waals surface area contributed by atoms with Gasteiger partial charge in [-0.05, 0) is 12.1 Å². The summed E-state index contributed by atoms with van der Waals surface area (Å²) in [5.74, 6) is -2.13. The number of hydrogen-bond donors (Lipinski definition) is 2. The summed E-state index contributed by atoms with van der Waals surface area (Å²) in [7, 11) is 1.20. The Labute approximate surface area is 146 Å². The van der Waals surface area contributed by atoms with Crippen molar-refractivity contribution in [2.75, 3.05) is 12.4 Å². The first-order valence-electron chi connectivity index (χ1n) is 7.07. The fourth-order valence-electron chi connectivity index (χ4n) is 2.09. The Morgan fingerprint density at radius 3 is 2.41 bits per heavy atom. The number of imidazole rings is 1. The van der Waals surface area contributed by atoms with Crippen molar-refractivity contribution in [3.05, 3.63) is 30.1 Å². The predicted molar refractivity (Wildman–Crippen MR) is 79.6 cm³/mol. The van der Waals surface area contributed by atoms with Gasteiger partial charge in [0.15, 0.2) is 11.5 Å². The zero-order chi connectivity index (χ0) is 19.8. The van der Waals surface area contributed by atoms with E-state index in [0.717, 1.165) is 12.1 Å². The van der Waals surface area contributed by atoms with Gasteiger partial charge >= 0.3 is 12.5 Å². The average molecular weight is 393 g/mol. The summed E-state index contributed by atoms with van der Waals surface area (Å²) >= 11 is 0. The number of rotatable bonds is 4. The number of hydrogen-bond acceptors (Lipinski definition) is 6. The normalized spacial score (nSPS) is 12.3. The van der Waals surface area contributed by atoms with Crippen molar-refractivity contribution in [2.24, 2.45) is 0 Å². The molecule has 0 saturated heterocycles. The lowest BCUT2D eigenvalue weighted by Crippen LogP contribution is -2.17. The average Bonchev–Trinajstić information content (AvgIpc) is 2.96. The highest BCUT2D eigenvalue weighted by Gasteiger charge is 2.35. The van der Waals surface area contributed by atoms with E-state index in [9.17, 15) is 26.3 Å². The van der Waals surface area contributed by atoms with E-state index in [0.29, 0.717) is 0 Å². The van der Waals surface area contributed by atoms with Gasteiger partial charge in [-0.2, -0.15) is 18.2 Å². The van der Waals surface area contributed by atoms with E-state index in [1.165, 1.54) is 19.2 Å². The monoisotopic (exact) mass is 393 g/mol. The van der Waals surface area contributed by atoms with Crippen LogP contribution < -0.4 is 14.8 Å². The highest BCUT2D eigenvalue weighted by molar-refractivity contribution is 5.73. The van der Waals surface area contributed by atoms with E-state index in [1.54, 1.807) is 0 Å². The minimum Gasteiger partial charge on any atom is -0.478 e. The zero-order valence-corrected chi connectivity index (χ0v) is 13.2. The third-order valence-electron chi connectivity index (χ3n) is 3.09. The van der Waals surface area contributed by atoms with Crippen LogP contribution in [0.1, 0.15) is 5.82 Å². The number of halogens is 6. The van der Waals surface area contributed by atoms with Gasteiger partial charge < -0.3 is 19.8 Å². The Kier molecular flexibility index (Phi) is 4.45. The molecule has 2 aromatic heterocycles. The quantitative estimate of drug-likeness (QED) is 0.652. The lowest BCUT2D eigenvalue weighted by atomic mass is 10.3. The Morgan fingerprint density at radius 2 is 1.78 bits per heavy atom. The van der Waals surface area contributed by atoms with Gasteiger partial charge in [-0.15, -0.1) is 13.2 Å². The van der Waals surface area contributed by atoms with Gasteiger partial charge in [0.05, 0.1) is 7.11 Å². The molecule has 0 amide bonds. The molecule has 0 fully saturated rings. The van der Waals surface area contributed by atoms with Crippen LogP contribution in [0.25, 0.3) is 11.3 Å². The van der Waals surface area contributed by atoms with Gasteiger partial charge in [-0.25, -0.2) is 9.97 Å². The molecule has 2 heterocycles. The SMILES string of the molecule is COc1nc2nc(C(F)(F)F)[nH]c2nc1Nc1cccc(OC(F)(F)F)c1. The van der Waals surface area contributed by atoms with E-state index < -0.39 is 24.1 Å². The van der Waals surface area contributed by atoms with Crippen molar-refractivity contribution < 1.29 is 35.8 Å². The molecule has 3 rings (SSSR count). The predicted octanol–water partition coefficient (Wildman–Crippen LogP) is 4.02. The highest BCUT2D eigenvalue weighted by Crippen LogP contribution is 2.31. The smallest absolute Gasteiger partial charge is 0.478 e. The first-order valence-corrected chi connectivity index (χ1v) is 7.07. The van der Waals surface area contributed by atoms with Gasteiger partial charge in [0.25, 0.3) is 5.88 Å². The first-order chi connectivity index (χ1) is 12.5. The topological polar surface area (TPSA) is 85.0 Å². The summed E-state index contributed by atoms with van der Waals surface area (Å²) < 4.78 is 83.9. The second-order valence-electron chi connectivity index (χ2n) is 5.04. The Balaban J connectivity index is 1.95. The summed E-state index contributed by atoms with van der Waals surface area (Å²) in [5.41, 5.74) is -0.508. The van der Waals surface area contributed by atoms with Crippen LogP contribution in [0.4, 0.5) is 37.8 Å². The number of aromatic amines is 1. The third-order valence-corrected chi connectivity index (χ3v) is 3.09. The van der Waals surface area contributed by atoms with Crippen molar-refractivity contribution >= 4 is 22.8 Å². The minimum absolute atomic E-state index is 0.110. The molecule has 0 aliphatic rings. The molecule has 1 aromatic carbocycles. The Morgan fingerprint density at radius 1 is 1.04 bits per heavy atom. The molecule has 3 aromatic rings. The number of aromatic nitrogens is 4. The second-order valence-corrected chi connectivity index (χ2v) is 5.04. The maximum Gasteiger partial charge on any atom is 0.573 e. The molecule has 0 aliphatic heterocycles. The van der Waals surface area contributed by atoms with Crippen molar-refractivity contribution in [3.8, 4) is 11.6 Å². The second kappa shape index (κ2) is 6.48. The van der Waals surface area contributed by atoms with E-state index in [4.69, 9.17) is 4.74 Å². The molecule has 27 heavy (non-hydrogen) atoms. The number of fused-ring (bicyclic) bond motifs is 1. The molecular formula is C14H9F6N5O2. The fraction of sp³-hybridized carbons (Fsp3) is 0.214. The first kappa shape index (κ1) is 18.5. The lowest BCUT2D eigenvalue weighted by Gasteiger charge is -2.12. The van der Waals surface area contributed by atoms with Gasteiger partial charge in [0, 0.05) is 11.8 Å². The van der Waals surface area contributed by atoms with Crippen LogP contribution in [-0.2, 0) is 6.18 Å². The molecule has 0 radical (unpaired) electrons. The van der Waals surface area contributed by atoms with Crippen LogP contribution >= 0.6 is 0 Å². The molecule has 0 saturated carbocycles. The summed E-state index contributed by atoms with van der Waals surface area (Å²) in [6.45, 7) is 0. The van der Waals surface area contributed by atoms with Gasteiger partial charge in [0.2, 0.25) is 11.5 Å². The van der Waals surface area contributed by atoms with Gasteiger partial charge in [-0.3, -0.25) is 0 Å². The van der Waals surface area contributed by atoms with Crippen molar-refractivity contribution in [2.45, 2.75) is 12.5 Å². The molecule has 0 bridgehead atoms. The van der Waals surface area contributed by atoms with Gasteiger partial charge in [0.1, 0.15) is 5.75 Å². The van der Waals surface area contributed by atoms with Crippen molar-refractivity contribution in [3.63, 3.8) is 0 Å². The number of H-pyrrole nitrogens is 1. The van der Waals surface area contributed by atoms with Crippen molar-refractivity contribution in [1.82, 2.24) is 19.9 Å². The van der Waals surface area contributed by atoms with E-state index >= 15 is 0 Å². The molecule has 7 nitrogen and oxygen atoms in total. The molecule has 0 aliphatic carbocycles. The third kappa shape index (κ3) is 4.30. The maximum atomic E-state index is 12.7. The summed E-state index contributed by atoms with van der Waals surface area (Å²) in [4.78, 5) is 13.0. The molecule has 0 unspecified atom stereocenters. The highest BCUT2D eigenvalue weighted by atomic mass is 19.4. The number of nitrogens with zero attached hydrogens (tertiary/aromatic N) is 3. The lowest BCUT2D eigenvalue weighted by molar-refractivity contribution is -0.274. The number of nitrogens with one attached hydrogen (secondary N) is 2. The maximum absolute atomic E-state index is 12.7. The van der Waals surface area contributed by atoms with Crippen LogP contribution in [0, 0.1) is 0 Å². The largest absolute Gasteiger partial charge is 0.573 e. The molecule has 144 valence electrons. The molecule has 13 heteroatoms. The fourth-order valence-corrected chi connectivity index (χ4v) is 2.09. The molecular weight excluding hydrogens is 384 g/mol. The summed E-state index contributed by atoms with van der Waals surface area (Å²) in [6, 6.07) is 4.77. The van der Waals surface area contributed by atoms with Crippen LogP contribution in [0.15, 0.2) is 24.3 Å². The minimum atomic E-state index is -4.88. The van der Waals surface area contributed by atoms with E-state index in [-0.39, 0.29) is 28.7 Å². The Hall–Kier alpha value is -3.25. The van der Waals surface area contributed by atoms with Gasteiger partial charge in [-0.1, -0.05) is 6.07 Å². The van der Waals surface area contributed by atoms with E-state index in [1.807, 2.05) is 4.98 Å². The molecule has 2 N–H and O–H groups in total. The summed E-state index contributed by atoms with van der Waals surface area (Å²) in [5, 5.41) is 2.61. The van der Waals surface area contributed by atoms with Crippen molar-refractivity contribution in [1.29, 1.82) is 0 Å². The Bertz CT molecular complexity index is 969. The molecule has 0 spiro atoms. The number of alkyl halides is 6. The number of anilines is 2. The van der Waals surface area contributed by atoms with E-state index in [2.05, 4.69) is 25.0 Å². The van der Waals surface area contributed by atoms with Crippen LogP contribution in [0.3, 0.4) is 0 Å². The number of benzene rings is 1. The van der Waals surface area contributed by atoms with Crippen LogP contribution in [-0.4, -0.2) is 33.4 Å². The molecule has 0 atom stereocenters. The summed E-state index contributed by atoms with van der Waals surface area (Å²) in [6.07, 6.45) is -9.61. The number of ether oxygens (including phenoxy) is 2. The standard InChI is InChI=1S/C14H9F6N5O2/c1-26-11-10(21-6-3-2-4-7(5-6)27-14(18,19)20)22-8-9(23-11)25-12(24-8)13(15,16)17/h2-5H,1H3,(H2,21,22,23,24,25).